The summed E-state index contributed by atoms with van der Waals surface area (Å²) in [6.07, 6.45) is 5.83. The lowest BCUT2D eigenvalue weighted by atomic mass is 9.89. The quantitative estimate of drug-likeness (QED) is 0.444. The number of rotatable bonds is 5. The summed E-state index contributed by atoms with van der Waals surface area (Å²) in [5, 5.41) is 0. The molecule has 0 heteroatoms. The van der Waals surface area contributed by atoms with Crippen LogP contribution in [-0.4, -0.2) is 0 Å². The third-order valence-electron chi connectivity index (χ3n) is 5.02. The first kappa shape index (κ1) is 26.9. The molecule has 0 saturated carbocycles. The molecule has 1 unspecified atom stereocenters. The molecular formula is C29H44. The van der Waals surface area contributed by atoms with Gasteiger partial charge in [0.1, 0.15) is 0 Å². The van der Waals surface area contributed by atoms with E-state index in [0.29, 0.717) is 5.92 Å². The second kappa shape index (κ2) is 14.9. The Kier molecular flexibility index (Phi) is 13.8. The molecule has 0 N–H and O–H groups in total. The monoisotopic (exact) mass is 392 g/mol. The van der Waals surface area contributed by atoms with Crippen LogP contribution in [0.2, 0.25) is 0 Å². The summed E-state index contributed by atoms with van der Waals surface area (Å²) >= 11 is 0. The second-order valence-electron chi connectivity index (χ2n) is 8.00. The van der Waals surface area contributed by atoms with Gasteiger partial charge in [-0.3, -0.25) is 0 Å². The standard InChI is InChI=1S/C22H26.C4H10.C3H8/c1-7-17(4)18(5)19(6)20-9-8-10-21(14-20)22-12-15(2)11-16(3)13-22;1-3-4-2;1-3-2/h7-14,19H,1H2,2-6H3;3-4H2,1-2H3;3H2,1-2H3/b18-17-;;. The molecule has 29 heavy (non-hydrogen) atoms. The van der Waals surface area contributed by atoms with E-state index in [2.05, 4.69) is 111 Å². The van der Waals surface area contributed by atoms with Crippen LogP contribution in [0.4, 0.5) is 0 Å². The zero-order valence-electron chi connectivity index (χ0n) is 20.5. The van der Waals surface area contributed by atoms with Crippen molar-refractivity contribution in [1.29, 1.82) is 0 Å². The molecule has 0 saturated heterocycles. The first-order chi connectivity index (χ1) is 13.7. The number of allylic oxidation sites excluding steroid dienone is 3. The van der Waals surface area contributed by atoms with Crippen molar-refractivity contribution in [2.24, 2.45) is 0 Å². The van der Waals surface area contributed by atoms with E-state index < -0.39 is 0 Å². The summed E-state index contributed by atoms with van der Waals surface area (Å²) < 4.78 is 0. The highest BCUT2D eigenvalue weighted by Gasteiger charge is 2.10. The van der Waals surface area contributed by atoms with Gasteiger partial charge >= 0.3 is 0 Å². The van der Waals surface area contributed by atoms with Crippen molar-refractivity contribution >= 4 is 0 Å². The highest BCUT2D eigenvalue weighted by Crippen LogP contribution is 2.30. The highest BCUT2D eigenvalue weighted by atomic mass is 14.2. The molecule has 0 aliphatic rings. The Labute approximate surface area is 181 Å². The third-order valence-corrected chi connectivity index (χ3v) is 5.02. The fraction of sp³-hybridized carbons (Fsp3) is 0.448. The molecule has 0 amide bonds. The van der Waals surface area contributed by atoms with Crippen LogP contribution in [0.3, 0.4) is 0 Å². The molecule has 0 aliphatic carbocycles. The summed E-state index contributed by atoms with van der Waals surface area (Å²) in [6.45, 7) is 23.4. The van der Waals surface area contributed by atoms with E-state index in [0.717, 1.165) is 0 Å². The van der Waals surface area contributed by atoms with Crippen LogP contribution in [-0.2, 0) is 0 Å². The number of benzene rings is 2. The van der Waals surface area contributed by atoms with Gasteiger partial charge in [-0.2, -0.15) is 0 Å². The Bertz CT molecular complexity index is 739. The molecule has 160 valence electrons. The lowest BCUT2D eigenvalue weighted by Crippen LogP contribution is -1.97. The van der Waals surface area contributed by atoms with Crippen LogP contribution in [0.25, 0.3) is 11.1 Å². The molecule has 0 radical (unpaired) electrons. The van der Waals surface area contributed by atoms with Gasteiger partial charge in [-0.1, -0.05) is 131 Å². The van der Waals surface area contributed by atoms with Crippen molar-refractivity contribution in [3.63, 3.8) is 0 Å². The van der Waals surface area contributed by atoms with Gasteiger partial charge < -0.3 is 0 Å². The van der Waals surface area contributed by atoms with Crippen LogP contribution in [0.15, 0.2) is 66.3 Å². The fourth-order valence-corrected chi connectivity index (χ4v) is 2.88. The van der Waals surface area contributed by atoms with Crippen molar-refractivity contribution in [2.45, 2.75) is 87.5 Å². The summed E-state index contributed by atoms with van der Waals surface area (Å²) in [7, 11) is 0. The molecular weight excluding hydrogens is 348 g/mol. The van der Waals surface area contributed by atoms with Crippen molar-refractivity contribution in [3.8, 4) is 11.1 Å². The van der Waals surface area contributed by atoms with Gasteiger partial charge in [0.05, 0.1) is 0 Å². The summed E-state index contributed by atoms with van der Waals surface area (Å²) in [5.74, 6) is 0.406. The number of aryl methyl sites for hydroxylation is 2. The van der Waals surface area contributed by atoms with Crippen LogP contribution < -0.4 is 0 Å². The molecule has 2 rings (SSSR count). The third kappa shape index (κ3) is 9.79. The van der Waals surface area contributed by atoms with E-state index >= 15 is 0 Å². The summed E-state index contributed by atoms with van der Waals surface area (Å²) in [5.41, 5.74) is 9.22. The van der Waals surface area contributed by atoms with Gasteiger partial charge in [0.2, 0.25) is 0 Å². The van der Waals surface area contributed by atoms with Gasteiger partial charge in [-0.05, 0) is 44.4 Å². The van der Waals surface area contributed by atoms with E-state index in [1.54, 1.807) is 0 Å². The first-order valence-corrected chi connectivity index (χ1v) is 11.2. The lowest BCUT2D eigenvalue weighted by molar-refractivity contribution is 0.881. The molecule has 2 aromatic carbocycles. The van der Waals surface area contributed by atoms with E-state index in [1.807, 2.05) is 6.08 Å². The second-order valence-corrected chi connectivity index (χ2v) is 8.00. The molecule has 0 aromatic heterocycles. The van der Waals surface area contributed by atoms with Crippen molar-refractivity contribution < 1.29 is 0 Å². The number of hydrogen-bond acceptors (Lipinski definition) is 0. The zero-order valence-corrected chi connectivity index (χ0v) is 20.5. The van der Waals surface area contributed by atoms with Gasteiger partial charge in [0, 0.05) is 5.92 Å². The van der Waals surface area contributed by atoms with E-state index in [1.165, 1.54) is 58.2 Å². The van der Waals surface area contributed by atoms with Gasteiger partial charge in [0.25, 0.3) is 0 Å². The Hall–Kier alpha value is -2.08. The normalized spacial score (nSPS) is 11.9. The summed E-state index contributed by atoms with van der Waals surface area (Å²) in [6, 6.07) is 15.6. The van der Waals surface area contributed by atoms with Crippen molar-refractivity contribution in [2.75, 3.05) is 0 Å². The predicted molar refractivity (Wildman–Crippen MR) is 135 cm³/mol. The highest BCUT2D eigenvalue weighted by molar-refractivity contribution is 5.66. The maximum Gasteiger partial charge on any atom is 0.00229 e. The van der Waals surface area contributed by atoms with Crippen molar-refractivity contribution in [3.05, 3.63) is 83.0 Å². The Morgan fingerprint density at radius 2 is 1.38 bits per heavy atom. The topological polar surface area (TPSA) is 0 Å². The smallest absolute Gasteiger partial charge is 0.00229 e. The molecule has 0 aliphatic heterocycles. The number of unbranched alkanes of at least 4 members (excludes halogenated alkanes) is 1. The molecule has 0 heterocycles. The number of hydrogen-bond donors (Lipinski definition) is 0. The van der Waals surface area contributed by atoms with Gasteiger partial charge in [-0.25, -0.2) is 0 Å². The van der Waals surface area contributed by atoms with E-state index in [9.17, 15) is 0 Å². The molecule has 2 aromatic rings. The minimum atomic E-state index is 0.406. The Morgan fingerprint density at radius 3 is 1.83 bits per heavy atom. The molecule has 0 fully saturated rings. The lowest BCUT2D eigenvalue weighted by Gasteiger charge is -2.16. The minimum absolute atomic E-state index is 0.406. The molecule has 0 bridgehead atoms. The first-order valence-electron chi connectivity index (χ1n) is 11.2. The molecule has 0 nitrogen and oxygen atoms in total. The Morgan fingerprint density at radius 1 is 0.862 bits per heavy atom. The zero-order chi connectivity index (χ0) is 22.4. The van der Waals surface area contributed by atoms with Crippen LogP contribution >= 0.6 is 0 Å². The molecule has 0 spiro atoms. The van der Waals surface area contributed by atoms with Crippen molar-refractivity contribution in [1.82, 2.24) is 0 Å². The Balaban J connectivity index is 0.000000975. The fourth-order valence-electron chi connectivity index (χ4n) is 2.88. The van der Waals surface area contributed by atoms with Gasteiger partial charge in [0.15, 0.2) is 0 Å². The van der Waals surface area contributed by atoms with Gasteiger partial charge in [-0.15, -0.1) is 0 Å². The van der Waals surface area contributed by atoms with E-state index in [-0.39, 0.29) is 0 Å². The van der Waals surface area contributed by atoms with Crippen LogP contribution in [0.5, 0.6) is 0 Å². The average molecular weight is 393 g/mol. The largest absolute Gasteiger partial charge is 0.0988 e. The summed E-state index contributed by atoms with van der Waals surface area (Å²) in [4.78, 5) is 0. The van der Waals surface area contributed by atoms with Crippen LogP contribution in [0.1, 0.15) is 90.3 Å². The predicted octanol–water partition coefficient (Wildman–Crippen LogP) is 9.82. The maximum absolute atomic E-state index is 3.88. The van der Waals surface area contributed by atoms with E-state index in [4.69, 9.17) is 0 Å². The minimum Gasteiger partial charge on any atom is -0.0988 e. The average Bonchev–Trinajstić information content (AvgIpc) is 2.72. The van der Waals surface area contributed by atoms with Crippen LogP contribution in [0, 0.1) is 13.8 Å². The molecule has 1 atom stereocenters. The maximum atomic E-state index is 3.88. The SMILES string of the molecule is C=C/C(C)=C(/C)C(C)c1cccc(-c2cc(C)cc(C)c2)c1.CCC.CCCC.